The van der Waals surface area contributed by atoms with E-state index in [0.29, 0.717) is 0 Å². The third-order valence-corrected chi connectivity index (χ3v) is 5.01. The molecule has 3 rings (SSSR count). The quantitative estimate of drug-likeness (QED) is 0.765. The molecule has 2 aliphatic carbocycles. The van der Waals surface area contributed by atoms with Crippen LogP contribution in [0, 0.1) is 11.8 Å². The standard InChI is InChI=1S/C14H24O3/c15-13-3-1-11(2-4-13)12-5-7-14(8-6-12)16-9-10-17-14/h11-13,15H,1-10H2. The molecule has 0 amide bonds. The lowest BCUT2D eigenvalue weighted by Gasteiger charge is -2.40. The van der Waals surface area contributed by atoms with Gasteiger partial charge in [-0.15, -0.1) is 0 Å². The lowest BCUT2D eigenvalue weighted by Crippen LogP contribution is -2.37. The highest BCUT2D eigenvalue weighted by atomic mass is 16.7. The van der Waals surface area contributed by atoms with Crippen LogP contribution in [0.25, 0.3) is 0 Å². The smallest absolute Gasteiger partial charge is 0.168 e. The van der Waals surface area contributed by atoms with Crippen molar-refractivity contribution < 1.29 is 14.6 Å². The number of rotatable bonds is 1. The Morgan fingerprint density at radius 2 is 1.29 bits per heavy atom. The molecule has 2 saturated carbocycles. The first-order valence-corrected chi connectivity index (χ1v) is 7.23. The maximum Gasteiger partial charge on any atom is 0.168 e. The molecule has 0 unspecified atom stereocenters. The molecule has 1 heterocycles. The van der Waals surface area contributed by atoms with Crippen molar-refractivity contribution in [3.05, 3.63) is 0 Å². The van der Waals surface area contributed by atoms with Crippen molar-refractivity contribution in [3.63, 3.8) is 0 Å². The summed E-state index contributed by atoms with van der Waals surface area (Å²) in [6.07, 6.45) is 9.11. The zero-order chi connectivity index (χ0) is 11.7. The van der Waals surface area contributed by atoms with E-state index in [4.69, 9.17) is 9.47 Å². The van der Waals surface area contributed by atoms with Gasteiger partial charge < -0.3 is 14.6 Å². The summed E-state index contributed by atoms with van der Waals surface area (Å²) in [6.45, 7) is 1.56. The van der Waals surface area contributed by atoms with Gasteiger partial charge in [0.05, 0.1) is 19.3 Å². The highest BCUT2D eigenvalue weighted by Crippen LogP contribution is 2.44. The molecular weight excluding hydrogens is 216 g/mol. The van der Waals surface area contributed by atoms with Crippen LogP contribution >= 0.6 is 0 Å². The molecule has 0 aromatic rings. The first kappa shape index (κ1) is 11.9. The van der Waals surface area contributed by atoms with Gasteiger partial charge in [0.1, 0.15) is 0 Å². The van der Waals surface area contributed by atoms with E-state index in [9.17, 15) is 5.11 Å². The number of hydrogen-bond donors (Lipinski definition) is 1. The topological polar surface area (TPSA) is 38.7 Å². The molecule has 3 nitrogen and oxygen atoms in total. The minimum Gasteiger partial charge on any atom is -0.393 e. The Morgan fingerprint density at radius 3 is 1.88 bits per heavy atom. The Kier molecular flexibility index (Phi) is 3.42. The lowest BCUT2D eigenvalue weighted by atomic mass is 9.71. The molecule has 0 bridgehead atoms. The van der Waals surface area contributed by atoms with Crippen LogP contribution in [0.1, 0.15) is 51.4 Å². The van der Waals surface area contributed by atoms with Gasteiger partial charge in [-0.1, -0.05) is 0 Å². The van der Waals surface area contributed by atoms with E-state index in [0.717, 1.165) is 50.7 Å². The first-order valence-electron chi connectivity index (χ1n) is 7.23. The van der Waals surface area contributed by atoms with Gasteiger partial charge in [0, 0.05) is 12.8 Å². The van der Waals surface area contributed by atoms with Crippen molar-refractivity contribution >= 4 is 0 Å². The normalized spacial score (nSPS) is 38.6. The largest absolute Gasteiger partial charge is 0.393 e. The van der Waals surface area contributed by atoms with E-state index in [2.05, 4.69) is 0 Å². The summed E-state index contributed by atoms with van der Waals surface area (Å²) in [5.74, 6) is 1.49. The second kappa shape index (κ2) is 4.87. The summed E-state index contributed by atoms with van der Waals surface area (Å²) in [5.41, 5.74) is 0. The lowest BCUT2D eigenvalue weighted by molar-refractivity contribution is -0.185. The average molecular weight is 240 g/mol. The zero-order valence-electron chi connectivity index (χ0n) is 10.6. The Labute approximate surface area is 103 Å². The van der Waals surface area contributed by atoms with Gasteiger partial charge in [-0.2, -0.15) is 0 Å². The van der Waals surface area contributed by atoms with E-state index < -0.39 is 0 Å². The van der Waals surface area contributed by atoms with Crippen molar-refractivity contribution in [2.75, 3.05) is 13.2 Å². The van der Waals surface area contributed by atoms with Crippen LogP contribution < -0.4 is 0 Å². The zero-order valence-corrected chi connectivity index (χ0v) is 10.6. The average Bonchev–Trinajstić information content (AvgIpc) is 2.80. The summed E-state index contributed by atoms with van der Waals surface area (Å²) < 4.78 is 11.5. The van der Waals surface area contributed by atoms with Crippen molar-refractivity contribution in [1.82, 2.24) is 0 Å². The minimum atomic E-state index is -0.204. The van der Waals surface area contributed by atoms with Crippen LogP contribution in [0.15, 0.2) is 0 Å². The number of hydrogen-bond acceptors (Lipinski definition) is 3. The Balaban J connectivity index is 1.51. The summed E-state index contributed by atoms with van der Waals surface area (Å²) in [5, 5.41) is 9.55. The molecular formula is C14H24O3. The highest BCUT2D eigenvalue weighted by Gasteiger charge is 2.42. The van der Waals surface area contributed by atoms with E-state index in [1.54, 1.807) is 0 Å². The van der Waals surface area contributed by atoms with Crippen LogP contribution in [0.5, 0.6) is 0 Å². The molecule has 0 aromatic carbocycles. The molecule has 3 fully saturated rings. The van der Waals surface area contributed by atoms with E-state index in [1.807, 2.05) is 0 Å². The maximum absolute atomic E-state index is 9.55. The van der Waals surface area contributed by atoms with Crippen molar-refractivity contribution in [2.24, 2.45) is 11.8 Å². The van der Waals surface area contributed by atoms with Gasteiger partial charge in [0.25, 0.3) is 0 Å². The fraction of sp³-hybridized carbons (Fsp3) is 1.00. The molecule has 1 spiro atoms. The fourth-order valence-corrected chi connectivity index (χ4v) is 3.91. The molecule has 0 atom stereocenters. The Morgan fingerprint density at radius 1 is 0.765 bits per heavy atom. The minimum absolute atomic E-state index is 0.0253. The summed E-state index contributed by atoms with van der Waals surface area (Å²) >= 11 is 0. The van der Waals surface area contributed by atoms with Gasteiger partial charge in [0.15, 0.2) is 5.79 Å². The summed E-state index contributed by atoms with van der Waals surface area (Å²) in [6, 6.07) is 0. The van der Waals surface area contributed by atoms with Crippen molar-refractivity contribution in [1.29, 1.82) is 0 Å². The van der Waals surface area contributed by atoms with Crippen LogP contribution in [-0.2, 0) is 9.47 Å². The van der Waals surface area contributed by atoms with Crippen molar-refractivity contribution in [3.8, 4) is 0 Å². The molecule has 0 aromatic heterocycles. The molecule has 1 aliphatic heterocycles. The van der Waals surface area contributed by atoms with Crippen molar-refractivity contribution in [2.45, 2.75) is 63.3 Å². The Hall–Kier alpha value is -0.120. The molecule has 1 saturated heterocycles. The summed E-state index contributed by atoms with van der Waals surface area (Å²) in [7, 11) is 0. The molecule has 98 valence electrons. The van der Waals surface area contributed by atoms with E-state index in [1.165, 1.54) is 25.7 Å². The predicted octanol–water partition coefficient (Wildman–Crippen LogP) is 2.47. The second-order valence-electron chi connectivity index (χ2n) is 6.01. The monoisotopic (exact) mass is 240 g/mol. The molecule has 3 heteroatoms. The third-order valence-electron chi connectivity index (χ3n) is 5.01. The van der Waals surface area contributed by atoms with Gasteiger partial charge in [-0.05, 0) is 50.4 Å². The predicted molar refractivity (Wildman–Crippen MR) is 64.6 cm³/mol. The highest BCUT2D eigenvalue weighted by molar-refractivity contribution is 4.86. The third kappa shape index (κ3) is 2.51. The summed E-state index contributed by atoms with van der Waals surface area (Å²) in [4.78, 5) is 0. The fourth-order valence-electron chi connectivity index (χ4n) is 3.91. The van der Waals surface area contributed by atoms with E-state index in [-0.39, 0.29) is 11.9 Å². The van der Waals surface area contributed by atoms with Gasteiger partial charge in [-0.25, -0.2) is 0 Å². The van der Waals surface area contributed by atoms with Crippen LogP contribution in [-0.4, -0.2) is 30.2 Å². The molecule has 1 N–H and O–H groups in total. The van der Waals surface area contributed by atoms with Crippen LogP contribution in [0.2, 0.25) is 0 Å². The number of aliphatic hydroxyl groups is 1. The van der Waals surface area contributed by atoms with Gasteiger partial charge in [-0.3, -0.25) is 0 Å². The maximum atomic E-state index is 9.55. The van der Waals surface area contributed by atoms with Gasteiger partial charge in [0.2, 0.25) is 0 Å². The first-order chi connectivity index (χ1) is 8.27. The molecule has 3 aliphatic rings. The second-order valence-corrected chi connectivity index (χ2v) is 6.01. The molecule has 17 heavy (non-hydrogen) atoms. The SMILES string of the molecule is OC1CCC(C2CCC3(CC2)OCCO3)CC1. The van der Waals surface area contributed by atoms with Crippen LogP contribution in [0.4, 0.5) is 0 Å². The number of ether oxygens (including phenoxy) is 2. The molecule has 0 radical (unpaired) electrons. The van der Waals surface area contributed by atoms with Gasteiger partial charge >= 0.3 is 0 Å². The van der Waals surface area contributed by atoms with E-state index >= 15 is 0 Å². The Bertz CT molecular complexity index is 242. The van der Waals surface area contributed by atoms with Crippen LogP contribution in [0.3, 0.4) is 0 Å². The number of aliphatic hydroxyl groups excluding tert-OH is 1.